The first-order valence-electron chi connectivity index (χ1n) is 8.81. The fourth-order valence-electron chi connectivity index (χ4n) is 2.75. The van der Waals surface area contributed by atoms with E-state index in [2.05, 4.69) is 39.5 Å². The van der Waals surface area contributed by atoms with Gasteiger partial charge >= 0.3 is 0 Å². The van der Waals surface area contributed by atoms with Crippen LogP contribution < -0.4 is 10.6 Å². The maximum Gasteiger partial charge on any atom is 0.191 e. The van der Waals surface area contributed by atoms with Crippen LogP contribution in [0.5, 0.6) is 0 Å². The minimum atomic E-state index is 0. The van der Waals surface area contributed by atoms with Gasteiger partial charge in [-0.25, -0.2) is 0 Å². The van der Waals surface area contributed by atoms with E-state index in [9.17, 15) is 0 Å². The molecule has 0 atom stereocenters. The van der Waals surface area contributed by atoms with Crippen LogP contribution in [-0.2, 0) is 6.54 Å². The highest BCUT2D eigenvalue weighted by Crippen LogP contribution is 2.13. The van der Waals surface area contributed by atoms with Gasteiger partial charge in [0.2, 0.25) is 0 Å². The number of hydrogen-bond acceptors (Lipinski definition) is 4. The van der Waals surface area contributed by atoms with Crippen molar-refractivity contribution >= 4 is 29.9 Å². The molecule has 1 aliphatic heterocycles. The third-order valence-corrected chi connectivity index (χ3v) is 4.21. The number of nitrogens with one attached hydrogen (secondary N) is 2. The number of nitrogens with zero attached hydrogens (tertiary/aromatic N) is 3. The summed E-state index contributed by atoms with van der Waals surface area (Å²) in [4.78, 5) is 6.80. The number of likely N-dealkylation sites (tertiary alicyclic amines) is 1. The topological polar surface area (TPSA) is 65.7 Å². The van der Waals surface area contributed by atoms with E-state index in [0.717, 1.165) is 30.4 Å². The quantitative estimate of drug-likeness (QED) is 0.277. The van der Waals surface area contributed by atoms with Gasteiger partial charge in [0.15, 0.2) is 11.7 Å². The van der Waals surface area contributed by atoms with E-state index in [1.54, 1.807) is 7.05 Å². The molecule has 0 saturated carbocycles. The van der Waals surface area contributed by atoms with Gasteiger partial charge in [-0.3, -0.25) is 4.99 Å². The van der Waals surface area contributed by atoms with Gasteiger partial charge in [-0.15, -0.1) is 24.0 Å². The molecule has 1 aliphatic rings. The lowest BCUT2D eigenvalue weighted by molar-refractivity contribution is 0.330. The summed E-state index contributed by atoms with van der Waals surface area (Å²) in [7, 11) is 1.79. The minimum absolute atomic E-state index is 0. The van der Waals surface area contributed by atoms with Gasteiger partial charge in [0.1, 0.15) is 0 Å². The van der Waals surface area contributed by atoms with Crippen molar-refractivity contribution in [1.82, 2.24) is 20.7 Å². The summed E-state index contributed by atoms with van der Waals surface area (Å²) < 4.78 is 5.32. The second-order valence-electron chi connectivity index (χ2n) is 6.48. The fourth-order valence-corrected chi connectivity index (χ4v) is 2.75. The number of halogens is 1. The molecule has 0 aromatic carbocycles. The van der Waals surface area contributed by atoms with Crippen LogP contribution in [0.4, 0.5) is 0 Å². The lowest BCUT2D eigenvalue weighted by atomic mass is 10.1. The molecule has 0 spiro atoms. The average Bonchev–Trinajstić information content (AvgIpc) is 3.21. The zero-order chi connectivity index (χ0) is 16.5. The Hall–Kier alpha value is -0.830. The Bertz CT molecular complexity index is 483. The van der Waals surface area contributed by atoms with Gasteiger partial charge in [0.05, 0.1) is 12.2 Å². The van der Waals surface area contributed by atoms with Crippen molar-refractivity contribution in [2.45, 2.75) is 52.0 Å². The molecule has 6 nitrogen and oxygen atoms in total. The summed E-state index contributed by atoms with van der Waals surface area (Å²) in [5.74, 6) is 2.04. The van der Waals surface area contributed by atoms with Crippen molar-refractivity contribution in [2.75, 3.05) is 33.2 Å². The lowest BCUT2D eigenvalue weighted by Crippen LogP contribution is -2.37. The Kier molecular flexibility index (Phi) is 10.3. The molecule has 1 aromatic heterocycles. The Balaban J connectivity index is 0.00000288. The summed E-state index contributed by atoms with van der Waals surface area (Å²) >= 11 is 0. The first kappa shape index (κ1) is 21.2. The van der Waals surface area contributed by atoms with E-state index in [4.69, 9.17) is 4.52 Å². The summed E-state index contributed by atoms with van der Waals surface area (Å²) in [6.07, 6.45) is 5.14. The summed E-state index contributed by atoms with van der Waals surface area (Å²) in [5, 5.41) is 10.7. The largest absolute Gasteiger partial charge is 0.359 e. The zero-order valence-electron chi connectivity index (χ0n) is 15.2. The van der Waals surface area contributed by atoms with Gasteiger partial charge in [0.25, 0.3) is 0 Å². The van der Waals surface area contributed by atoms with Crippen LogP contribution in [-0.4, -0.2) is 49.2 Å². The fraction of sp³-hybridized carbons (Fsp3) is 0.765. The summed E-state index contributed by atoms with van der Waals surface area (Å²) in [6.45, 7) is 9.56. The Labute approximate surface area is 162 Å². The molecule has 1 saturated heterocycles. The normalized spacial score (nSPS) is 15.6. The van der Waals surface area contributed by atoms with Gasteiger partial charge < -0.3 is 20.1 Å². The van der Waals surface area contributed by atoms with E-state index >= 15 is 0 Å². The first-order chi connectivity index (χ1) is 11.2. The molecule has 24 heavy (non-hydrogen) atoms. The molecule has 0 bridgehead atoms. The standard InChI is InChI=1S/C17H31N5O.HI/c1-14(2)16-12-15(23-21-16)13-20-17(18-3)19-8-4-5-9-22-10-6-7-11-22;/h12,14H,4-11,13H2,1-3H3,(H2,18,19,20);1H. The summed E-state index contributed by atoms with van der Waals surface area (Å²) in [5.41, 5.74) is 0.992. The highest BCUT2D eigenvalue weighted by atomic mass is 127. The number of aliphatic imine (C=N–C) groups is 1. The lowest BCUT2D eigenvalue weighted by Gasteiger charge is -2.15. The first-order valence-corrected chi connectivity index (χ1v) is 8.81. The summed E-state index contributed by atoms with van der Waals surface area (Å²) in [6, 6.07) is 2.00. The monoisotopic (exact) mass is 449 g/mol. The SMILES string of the molecule is CN=C(NCCCCN1CCCC1)NCc1cc(C(C)C)no1.I. The van der Waals surface area contributed by atoms with Crippen LogP contribution in [0, 0.1) is 0 Å². The van der Waals surface area contributed by atoms with Gasteiger partial charge in [-0.05, 0) is 51.2 Å². The number of aromatic nitrogens is 1. The molecular weight excluding hydrogens is 417 g/mol. The van der Waals surface area contributed by atoms with Crippen molar-refractivity contribution in [3.05, 3.63) is 17.5 Å². The van der Waals surface area contributed by atoms with E-state index in [1.807, 2.05) is 6.07 Å². The zero-order valence-corrected chi connectivity index (χ0v) is 17.5. The van der Waals surface area contributed by atoms with E-state index < -0.39 is 0 Å². The van der Waals surface area contributed by atoms with Crippen molar-refractivity contribution in [1.29, 1.82) is 0 Å². The van der Waals surface area contributed by atoms with Gasteiger partial charge in [-0.1, -0.05) is 19.0 Å². The van der Waals surface area contributed by atoms with E-state index in [0.29, 0.717) is 12.5 Å². The predicted molar refractivity (Wildman–Crippen MR) is 109 cm³/mol. The van der Waals surface area contributed by atoms with Crippen LogP contribution in [0.25, 0.3) is 0 Å². The van der Waals surface area contributed by atoms with Crippen LogP contribution in [0.1, 0.15) is 56.9 Å². The third kappa shape index (κ3) is 7.38. The molecule has 2 rings (SSSR count). The van der Waals surface area contributed by atoms with Crippen LogP contribution in [0.15, 0.2) is 15.6 Å². The molecule has 0 aliphatic carbocycles. The molecular formula is C17H32IN5O. The van der Waals surface area contributed by atoms with E-state index in [-0.39, 0.29) is 24.0 Å². The molecule has 0 amide bonds. The molecule has 2 N–H and O–H groups in total. The highest BCUT2D eigenvalue weighted by molar-refractivity contribution is 14.0. The van der Waals surface area contributed by atoms with Gasteiger partial charge in [0, 0.05) is 19.7 Å². The maximum absolute atomic E-state index is 5.32. The number of guanidine groups is 1. The molecule has 138 valence electrons. The van der Waals surface area contributed by atoms with Crippen LogP contribution >= 0.6 is 24.0 Å². The second-order valence-corrected chi connectivity index (χ2v) is 6.48. The van der Waals surface area contributed by atoms with Gasteiger partial charge in [-0.2, -0.15) is 0 Å². The van der Waals surface area contributed by atoms with Crippen LogP contribution in [0.3, 0.4) is 0 Å². The molecule has 7 heteroatoms. The second kappa shape index (κ2) is 11.7. The number of unbranched alkanes of at least 4 members (excludes halogenated alkanes) is 1. The molecule has 2 heterocycles. The van der Waals surface area contributed by atoms with Crippen molar-refractivity contribution in [2.24, 2.45) is 4.99 Å². The number of rotatable bonds is 8. The van der Waals surface area contributed by atoms with E-state index in [1.165, 1.54) is 38.9 Å². The Morgan fingerprint density at radius 2 is 2.04 bits per heavy atom. The molecule has 1 aromatic rings. The highest BCUT2D eigenvalue weighted by Gasteiger charge is 2.10. The molecule has 0 radical (unpaired) electrons. The third-order valence-electron chi connectivity index (χ3n) is 4.21. The maximum atomic E-state index is 5.32. The minimum Gasteiger partial charge on any atom is -0.359 e. The smallest absolute Gasteiger partial charge is 0.191 e. The Morgan fingerprint density at radius 3 is 2.67 bits per heavy atom. The number of hydrogen-bond donors (Lipinski definition) is 2. The van der Waals surface area contributed by atoms with Crippen molar-refractivity contribution in [3.8, 4) is 0 Å². The average molecular weight is 449 g/mol. The Morgan fingerprint density at radius 1 is 1.29 bits per heavy atom. The van der Waals surface area contributed by atoms with Crippen molar-refractivity contribution < 1.29 is 4.52 Å². The molecule has 0 unspecified atom stereocenters. The predicted octanol–water partition coefficient (Wildman–Crippen LogP) is 2.96. The van der Waals surface area contributed by atoms with Crippen LogP contribution in [0.2, 0.25) is 0 Å². The van der Waals surface area contributed by atoms with Crippen molar-refractivity contribution in [3.63, 3.8) is 0 Å². The molecule has 1 fully saturated rings.